The molecule has 112 valence electrons. The van der Waals surface area contributed by atoms with Crippen LogP contribution in [0.4, 0.5) is 0 Å². The molecular formula is C17H27ClN2. The minimum absolute atomic E-state index is 0.239. The zero-order valence-corrected chi connectivity index (χ0v) is 13.7. The number of likely N-dealkylation sites (N-methyl/N-ethyl adjacent to an activating group) is 2. The zero-order chi connectivity index (χ0) is 14.6. The van der Waals surface area contributed by atoms with Gasteiger partial charge in [-0.05, 0) is 50.7 Å². The Morgan fingerprint density at radius 2 is 1.90 bits per heavy atom. The third-order valence-corrected chi connectivity index (χ3v) is 5.11. The predicted octanol–water partition coefficient (Wildman–Crippen LogP) is 4.26. The first-order valence-electron chi connectivity index (χ1n) is 7.85. The summed E-state index contributed by atoms with van der Waals surface area (Å²) in [7, 11) is 2.08. The van der Waals surface area contributed by atoms with Gasteiger partial charge in [0.05, 0.1) is 6.04 Å². The molecular weight excluding hydrogens is 268 g/mol. The van der Waals surface area contributed by atoms with Crippen molar-refractivity contribution in [3.8, 4) is 0 Å². The largest absolute Gasteiger partial charge is 0.311 e. The van der Waals surface area contributed by atoms with E-state index in [1.165, 1.54) is 31.2 Å². The summed E-state index contributed by atoms with van der Waals surface area (Å²) < 4.78 is 0. The Hall–Kier alpha value is -0.570. The molecule has 1 fully saturated rings. The topological polar surface area (TPSA) is 15.3 Å². The van der Waals surface area contributed by atoms with E-state index in [0.29, 0.717) is 6.04 Å². The smallest absolute Gasteiger partial charge is 0.0505 e. The maximum absolute atomic E-state index is 6.20. The monoisotopic (exact) mass is 294 g/mol. The Bertz CT molecular complexity index is 423. The van der Waals surface area contributed by atoms with E-state index in [4.69, 9.17) is 11.6 Å². The van der Waals surface area contributed by atoms with Crippen LogP contribution in [-0.2, 0) is 0 Å². The Balaban J connectivity index is 2.40. The van der Waals surface area contributed by atoms with Crippen LogP contribution in [0.25, 0.3) is 0 Å². The molecule has 1 aromatic carbocycles. The summed E-state index contributed by atoms with van der Waals surface area (Å²) in [6.07, 6.45) is 5.20. The van der Waals surface area contributed by atoms with Gasteiger partial charge in [-0.1, -0.05) is 50.4 Å². The molecule has 2 rings (SSSR count). The van der Waals surface area contributed by atoms with Gasteiger partial charge >= 0.3 is 0 Å². The van der Waals surface area contributed by atoms with Crippen molar-refractivity contribution in [3.63, 3.8) is 0 Å². The van der Waals surface area contributed by atoms with Gasteiger partial charge in [0.15, 0.2) is 0 Å². The first-order chi connectivity index (χ1) is 9.67. The molecule has 1 atom stereocenters. The molecule has 0 heterocycles. The normalized spacial score (nSPS) is 19.4. The van der Waals surface area contributed by atoms with E-state index in [1.807, 2.05) is 6.07 Å². The molecule has 0 bridgehead atoms. The maximum atomic E-state index is 6.20. The average Bonchev–Trinajstić information content (AvgIpc) is 2.91. The van der Waals surface area contributed by atoms with E-state index in [9.17, 15) is 0 Å². The molecule has 0 saturated heterocycles. The molecule has 0 radical (unpaired) electrons. The molecule has 2 nitrogen and oxygen atoms in total. The number of hydrogen-bond acceptors (Lipinski definition) is 2. The van der Waals surface area contributed by atoms with Gasteiger partial charge in [0.1, 0.15) is 0 Å². The fourth-order valence-corrected chi connectivity index (χ4v) is 4.26. The van der Waals surface area contributed by atoms with Crippen molar-refractivity contribution in [1.82, 2.24) is 10.2 Å². The number of nitrogens with one attached hydrogen (secondary N) is 1. The molecule has 1 N–H and O–H groups in total. The Kier molecular flexibility index (Phi) is 5.48. The number of hydrogen-bond donors (Lipinski definition) is 1. The summed E-state index contributed by atoms with van der Waals surface area (Å²) in [6.45, 7) is 6.76. The summed E-state index contributed by atoms with van der Waals surface area (Å²) in [4.78, 5) is 2.64. The summed E-state index contributed by atoms with van der Waals surface area (Å²) in [6, 6.07) is 8.69. The summed E-state index contributed by atoms with van der Waals surface area (Å²) in [5.74, 6) is 0. The highest BCUT2D eigenvalue weighted by atomic mass is 35.5. The minimum atomic E-state index is 0.239. The van der Waals surface area contributed by atoms with Gasteiger partial charge in [0, 0.05) is 10.6 Å². The molecule has 0 amide bonds. The fourth-order valence-electron chi connectivity index (χ4n) is 4.06. The van der Waals surface area contributed by atoms with E-state index in [0.717, 1.165) is 18.1 Å². The van der Waals surface area contributed by atoms with Gasteiger partial charge in [-0.15, -0.1) is 0 Å². The second-order valence-electron chi connectivity index (χ2n) is 5.76. The van der Waals surface area contributed by atoms with Crippen LogP contribution in [0.2, 0.25) is 5.02 Å². The quantitative estimate of drug-likeness (QED) is 0.843. The first kappa shape index (κ1) is 15.8. The van der Waals surface area contributed by atoms with Crippen molar-refractivity contribution in [2.24, 2.45) is 0 Å². The van der Waals surface area contributed by atoms with Crippen LogP contribution in [0.3, 0.4) is 0 Å². The highest BCUT2D eigenvalue weighted by Gasteiger charge is 2.44. The van der Waals surface area contributed by atoms with Crippen LogP contribution < -0.4 is 5.32 Å². The standard InChI is InChI=1S/C17H27ClN2/c1-4-20(5-2)17(11-6-7-12-17)16(19-3)14-9-8-10-15(18)13-14/h8-10,13,16,19H,4-7,11-12H2,1-3H3. The van der Waals surface area contributed by atoms with E-state index < -0.39 is 0 Å². The molecule has 3 heteroatoms. The van der Waals surface area contributed by atoms with Crippen molar-refractivity contribution in [1.29, 1.82) is 0 Å². The van der Waals surface area contributed by atoms with Crippen molar-refractivity contribution in [3.05, 3.63) is 34.9 Å². The summed E-state index contributed by atoms with van der Waals surface area (Å²) >= 11 is 6.20. The fraction of sp³-hybridized carbons (Fsp3) is 0.647. The first-order valence-corrected chi connectivity index (χ1v) is 8.23. The van der Waals surface area contributed by atoms with Crippen LogP contribution in [0.1, 0.15) is 51.1 Å². The van der Waals surface area contributed by atoms with Crippen LogP contribution in [0.15, 0.2) is 24.3 Å². The molecule has 1 aliphatic rings. The number of nitrogens with zero attached hydrogens (tertiary/aromatic N) is 1. The maximum Gasteiger partial charge on any atom is 0.0505 e. The molecule has 0 aliphatic heterocycles. The third-order valence-electron chi connectivity index (χ3n) is 4.87. The molecule has 0 aromatic heterocycles. The summed E-state index contributed by atoms with van der Waals surface area (Å²) in [5.41, 5.74) is 1.55. The molecule has 1 aromatic rings. The molecule has 1 aliphatic carbocycles. The lowest BCUT2D eigenvalue weighted by atomic mass is 9.82. The number of halogens is 1. The van der Waals surface area contributed by atoms with Gasteiger partial charge in [-0.2, -0.15) is 0 Å². The van der Waals surface area contributed by atoms with Crippen LogP contribution >= 0.6 is 11.6 Å². The van der Waals surface area contributed by atoms with Crippen molar-refractivity contribution in [2.45, 2.75) is 51.1 Å². The second-order valence-corrected chi connectivity index (χ2v) is 6.20. The Labute approximate surface area is 128 Å². The van der Waals surface area contributed by atoms with Crippen LogP contribution in [-0.4, -0.2) is 30.6 Å². The predicted molar refractivity (Wildman–Crippen MR) is 87.4 cm³/mol. The lowest BCUT2D eigenvalue weighted by Crippen LogP contribution is -2.54. The van der Waals surface area contributed by atoms with Crippen molar-refractivity contribution < 1.29 is 0 Å². The van der Waals surface area contributed by atoms with E-state index in [1.54, 1.807) is 0 Å². The van der Waals surface area contributed by atoms with E-state index >= 15 is 0 Å². The van der Waals surface area contributed by atoms with Gasteiger partial charge in [0.2, 0.25) is 0 Å². The molecule has 1 saturated carbocycles. The van der Waals surface area contributed by atoms with Crippen molar-refractivity contribution in [2.75, 3.05) is 20.1 Å². The molecule has 20 heavy (non-hydrogen) atoms. The van der Waals surface area contributed by atoms with Gasteiger partial charge in [0.25, 0.3) is 0 Å². The SMILES string of the molecule is CCN(CC)C1(C(NC)c2cccc(Cl)c2)CCCC1. The highest BCUT2D eigenvalue weighted by Crippen LogP contribution is 2.44. The Morgan fingerprint density at radius 1 is 1.25 bits per heavy atom. The Morgan fingerprint density at radius 3 is 2.40 bits per heavy atom. The zero-order valence-electron chi connectivity index (χ0n) is 13.0. The number of benzene rings is 1. The number of rotatable bonds is 6. The van der Waals surface area contributed by atoms with Gasteiger partial charge in [-0.25, -0.2) is 0 Å². The molecule has 0 spiro atoms. The average molecular weight is 295 g/mol. The van der Waals surface area contributed by atoms with Gasteiger partial charge in [-0.3, -0.25) is 4.90 Å². The minimum Gasteiger partial charge on any atom is -0.311 e. The third kappa shape index (κ3) is 2.88. The van der Waals surface area contributed by atoms with E-state index in [-0.39, 0.29) is 5.54 Å². The van der Waals surface area contributed by atoms with E-state index in [2.05, 4.69) is 49.3 Å². The van der Waals surface area contributed by atoms with Crippen molar-refractivity contribution >= 4 is 11.6 Å². The molecule has 1 unspecified atom stereocenters. The van der Waals surface area contributed by atoms with Crippen LogP contribution in [0, 0.1) is 0 Å². The highest BCUT2D eigenvalue weighted by molar-refractivity contribution is 6.30. The lowest BCUT2D eigenvalue weighted by molar-refractivity contribution is 0.0655. The second kappa shape index (κ2) is 6.93. The lowest BCUT2D eigenvalue weighted by Gasteiger charge is -2.46. The van der Waals surface area contributed by atoms with Gasteiger partial charge < -0.3 is 5.32 Å². The summed E-state index contributed by atoms with van der Waals surface area (Å²) in [5, 5.41) is 4.41. The van der Waals surface area contributed by atoms with Crippen LogP contribution in [0.5, 0.6) is 0 Å².